The molecule has 0 saturated carbocycles. The van der Waals surface area contributed by atoms with E-state index >= 15 is 0 Å². The molecular formula is C14H20BrNO3. The molecule has 0 spiro atoms. The van der Waals surface area contributed by atoms with Crippen LogP contribution < -0.4 is 14.8 Å². The van der Waals surface area contributed by atoms with Gasteiger partial charge in [-0.25, -0.2) is 0 Å². The van der Waals surface area contributed by atoms with Crippen molar-refractivity contribution in [2.45, 2.75) is 24.9 Å². The number of methoxy groups -OCH3 is 2. The standard InChI is InChI=1S/C14H20BrNO3/c1-18-11-5-4-10(13(19-2)12(11)15)14(17)6-3-8-16-9-7-14/h4-5,16-17H,3,6-9H2,1-2H3. The first kappa shape index (κ1) is 14.6. The summed E-state index contributed by atoms with van der Waals surface area (Å²) in [6, 6.07) is 3.76. The van der Waals surface area contributed by atoms with Gasteiger partial charge in [-0.2, -0.15) is 0 Å². The highest BCUT2D eigenvalue weighted by molar-refractivity contribution is 9.10. The third kappa shape index (κ3) is 2.88. The molecule has 0 radical (unpaired) electrons. The first-order valence-corrected chi connectivity index (χ1v) is 7.26. The van der Waals surface area contributed by atoms with Crippen molar-refractivity contribution in [1.29, 1.82) is 0 Å². The molecule has 2 N–H and O–H groups in total. The van der Waals surface area contributed by atoms with Crippen LogP contribution in [0.5, 0.6) is 11.5 Å². The zero-order valence-corrected chi connectivity index (χ0v) is 12.9. The summed E-state index contributed by atoms with van der Waals surface area (Å²) < 4.78 is 11.5. The van der Waals surface area contributed by atoms with Crippen molar-refractivity contribution < 1.29 is 14.6 Å². The van der Waals surface area contributed by atoms with Gasteiger partial charge in [0, 0.05) is 5.56 Å². The Morgan fingerprint density at radius 3 is 2.68 bits per heavy atom. The summed E-state index contributed by atoms with van der Waals surface area (Å²) in [6.45, 7) is 1.76. The Kier molecular flexibility index (Phi) is 4.71. The van der Waals surface area contributed by atoms with Crippen LogP contribution in [0.2, 0.25) is 0 Å². The predicted octanol–water partition coefficient (Wildman–Crippen LogP) is 2.43. The summed E-state index contributed by atoms with van der Waals surface area (Å²) in [7, 11) is 3.23. The van der Waals surface area contributed by atoms with Crippen LogP contribution >= 0.6 is 15.9 Å². The number of nitrogens with one attached hydrogen (secondary N) is 1. The van der Waals surface area contributed by atoms with Gasteiger partial charge in [0.05, 0.1) is 19.8 Å². The summed E-state index contributed by atoms with van der Waals surface area (Å²) in [4.78, 5) is 0. The van der Waals surface area contributed by atoms with Crippen LogP contribution in [0.3, 0.4) is 0 Å². The van der Waals surface area contributed by atoms with Crippen molar-refractivity contribution in [3.8, 4) is 11.5 Å². The fourth-order valence-electron chi connectivity index (χ4n) is 2.58. The lowest BCUT2D eigenvalue weighted by Gasteiger charge is -2.29. The maximum Gasteiger partial charge on any atom is 0.142 e. The van der Waals surface area contributed by atoms with Gasteiger partial charge in [0.2, 0.25) is 0 Å². The van der Waals surface area contributed by atoms with Gasteiger partial charge in [-0.15, -0.1) is 0 Å². The van der Waals surface area contributed by atoms with E-state index in [-0.39, 0.29) is 0 Å². The monoisotopic (exact) mass is 329 g/mol. The summed E-state index contributed by atoms with van der Waals surface area (Å²) in [5, 5.41) is 14.3. The van der Waals surface area contributed by atoms with E-state index < -0.39 is 5.60 Å². The van der Waals surface area contributed by atoms with Gasteiger partial charge >= 0.3 is 0 Å². The average molecular weight is 330 g/mol. The Morgan fingerprint density at radius 2 is 2.00 bits per heavy atom. The number of ether oxygens (including phenoxy) is 2. The van der Waals surface area contributed by atoms with E-state index in [1.807, 2.05) is 12.1 Å². The van der Waals surface area contributed by atoms with E-state index in [4.69, 9.17) is 9.47 Å². The largest absolute Gasteiger partial charge is 0.495 e. The highest BCUT2D eigenvalue weighted by Crippen LogP contribution is 2.44. The van der Waals surface area contributed by atoms with Crippen molar-refractivity contribution in [2.75, 3.05) is 27.3 Å². The van der Waals surface area contributed by atoms with Crippen molar-refractivity contribution >= 4 is 15.9 Å². The highest BCUT2D eigenvalue weighted by atomic mass is 79.9. The van der Waals surface area contributed by atoms with Crippen LogP contribution in [0, 0.1) is 0 Å². The highest BCUT2D eigenvalue weighted by Gasteiger charge is 2.34. The molecular weight excluding hydrogens is 310 g/mol. The molecule has 5 heteroatoms. The Hall–Kier alpha value is -0.780. The number of halogens is 1. The topological polar surface area (TPSA) is 50.7 Å². The average Bonchev–Trinajstić information content (AvgIpc) is 2.64. The first-order valence-electron chi connectivity index (χ1n) is 6.46. The van der Waals surface area contributed by atoms with Crippen LogP contribution in [0.1, 0.15) is 24.8 Å². The fourth-order valence-corrected chi connectivity index (χ4v) is 3.25. The quantitative estimate of drug-likeness (QED) is 0.894. The minimum absolute atomic E-state index is 0.656. The summed E-state index contributed by atoms with van der Waals surface area (Å²) in [5.74, 6) is 1.36. The predicted molar refractivity (Wildman–Crippen MR) is 77.9 cm³/mol. The second-order valence-corrected chi connectivity index (χ2v) is 5.59. The molecule has 0 amide bonds. The molecule has 106 valence electrons. The fraction of sp³-hybridized carbons (Fsp3) is 0.571. The molecule has 0 bridgehead atoms. The second-order valence-electron chi connectivity index (χ2n) is 4.80. The van der Waals surface area contributed by atoms with Crippen molar-refractivity contribution in [3.63, 3.8) is 0 Å². The molecule has 1 heterocycles. The normalized spacial score (nSPS) is 23.8. The third-order valence-electron chi connectivity index (χ3n) is 3.65. The van der Waals surface area contributed by atoms with Crippen LogP contribution in [0.15, 0.2) is 16.6 Å². The molecule has 4 nitrogen and oxygen atoms in total. The Morgan fingerprint density at radius 1 is 1.21 bits per heavy atom. The van der Waals surface area contributed by atoms with Gasteiger partial charge in [-0.1, -0.05) is 0 Å². The van der Waals surface area contributed by atoms with E-state index in [2.05, 4.69) is 21.2 Å². The van der Waals surface area contributed by atoms with E-state index in [0.29, 0.717) is 17.9 Å². The van der Waals surface area contributed by atoms with E-state index in [1.165, 1.54) is 0 Å². The van der Waals surface area contributed by atoms with Crippen molar-refractivity contribution in [2.24, 2.45) is 0 Å². The van der Waals surface area contributed by atoms with Gasteiger partial charge in [-0.05, 0) is 60.4 Å². The summed E-state index contributed by atoms with van der Waals surface area (Å²) >= 11 is 3.49. The molecule has 2 rings (SSSR count). The number of benzene rings is 1. The summed E-state index contributed by atoms with van der Waals surface area (Å²) in [6.07, 6.45) is 2.36. The maximum absolute atomic E-state index is 10.9. The number of rotatable bonds is 3. The lowest BCUT2D eigenvalue weighted by atomic mass is 9.86. The molecule has 1 aromatic carbocycles. The zero-order valence-electron chi connectivity index (χ0n) is 11.3. The molecule has 19 heavy (non-hydrogen) atoms. The van der Waals surface area contributed by atoms with E-state index in [1.54, 1.807) is 14.2 Å². The SMILES string of the molecule is COc1ccc(C2(O)CCCNCC2)c(OC)c1Br. The molecule has 0 aliphatic carbocycles. The molecule has 1 aromatic rings. The lowest BCUT2D eigenvalue weighted by molar-refractivity contribution is 0.0216. The number of hydrogen-bond acceptors (Lipinski definition) is 4. The number of hydrogen-bond donors (Lipinski definition) is 2. The van der Waals surface area contributed by atoms with Gasteiger partial charge in [-0.3, -0.25) is 0 Å². The van der Waals surface area contributed by atoms with Crippen LogP contribution in [0.4, 0.5) is 0 Å². The molecule has 0 aromatic heterocycles. The van der Waals surface area contributed by atoms with Crippen LogP contribution in [0.25, 0.3) is 0 Å². The Labute approximate surface area is 122 Å². The van der Waals surface area contributed by atoms with Gasteiger partial charge in [0.1, 0.15) is 16.0 Å². The second kappa shape index (κ2) is 6.11. The minimum atomic E-state index is -0.844. The van der Waals surface area contributed by atoms with Gasteiger partial charge < -0.3 is 19.9 Å². The van der Waals surface area contributed by atoms with E-state index in [0.717, 1.165) is 36.0 Å². The molecule has 1 unspecified atom stereocenters. The Bertz CT molecular complexity index is 443. The molecule has 1 aliphatic rings. The van der Waals surface area contributed by atoms with Gasteiger partial charge in [0.15, 0.2) is 0 Å². The third-order valence-corrected chi connectivity index (χ3v) is 4.40. The molecule has 1 atom stereocenters. The van der Waals surface area contributed by atoms with E-state index in [9.17, 15) is 5.11 Å². The van der Waals surface area contributed by atoms with Crippen molar-refractivity contribution in [1.82, 2.24) is 5.32 Å². The maximum atomic E-state index is 10.9. The Balaban J connectivity index is 2.45. The first-order chi connectivity index (χ1) is 9.12. The summed E-state index contributed by atoms with van der Waals surface area (Å²) in [5.41, 5.74) is -0.0183. The van der Waals surface area contributed by atoms with Gasteiger partial charge in [0.25, 0.3) is 0 Å². The minimum Gasteiger partial charge on any atom is -0.495 e. The number of aliphatic hydroxyl groups is 1. The smallest absolute Gasteiger partial charge is 0.142 e. The lowest BCUT2D eigenvalue weighted by Crippen LogP contribution is -2.27. The molecule has 1 saturated heterocycles. The zero-order chi connectivity index (χ0) is 13.9. The van der Waals surface area contributed by atoms with Crippen molar-refractivity contribution in [3.05, 3.63) is 22.2 Å². The van der Waals surface area contributed by atoms with Crippen LogP contribution in [-0.4, -0.2) is 32.4 Å². The molecule has 1 fully saturated rings. The van der Waals surface area contributed by atoms with Crippen LogP contribution in [-0.2, 0) is 5.60 Å². The molecule has 1 aliphatic heterocycles.